The highest BCUT2D eigenvalue weighted by Crippen LogP contribution is 1.97. The van der Waals surface area contributed by atoms with E-state index in [-0.39, 0.29) is 18.3 Å². The lowest BCUT2D eigenvalue weighted by Crippen LogP contribution is -2.22. The van der Waals surface area contributed by atoms with E-state index in [2.05, 4.69) is 17.4 Å². The predicted octanol–water partition coefficient (Wildman–Crippen LogP) is 1.79. The van der Waals surface area contributed by atoms with Gasteiger partial charge in [0.15, 0.2) is 0 Å². The third-order valence-corrected chi connectivity index (χ3v) is 1.63. The van der Waals surface area contributed by atoms with Crippen LogP contribution in [-0.2, 0) is 11.2 Å². The van der Waals surface area contributed by atoms with Gasteiger partial charge >= 0.3 is 0 Å². The standard InChI is InChI=1S/C10H13NO.ClH/c1-9(12)11-8-7-10-5-3-2-4-6-10;/h2-6H,7-8H2,1H3,(H,11,12);1H. The van der Waals surface area contributed by atoms with Gasteiger partial charge < -0.3 is 5.32 Å². The van der Waals surface area contributed by atoms with Gasteiger partial charge in [-0.2, -0.15) is 0 Å². The Kier molecular flexibility index (Phi) is 5.98. The van der Waals surface area contributed by atoms with Gasteiger partial charge in [-0.15, -0.1) is 12.4 Å². The van der Waals surface area contributed by atoms with Gasteiger partial charge in [0.2, 0.25) is 5.91 Å². The zero-order chi connectivity index (χ0) is 8.81. The monoisotopic (exact) mass is 199 g/mol. The normalized spacial score (nSPS) is 8.69. The Morgan fingerprint density at radius 1 is 1.31 bits per heavy atom. The van der Waals surface area contributed by atoms with Gasteiger partial charge in [0.25, 0.3) is 0 Å². The van der Waals surface area contributed by atoms with Crippen molar-refractivity contribution in [3.8, 4) is 0 Å². The summed E-state index contributed by atoms with van der Waals surface area (Å²) in [5.74, 6) is 0.0333. The van der Waals surface area contributed by atoms with E-state index >= 15 is 0 Å². The summed E-state index contributed by atoms with van der Waals surface area (Å²) in [6.07, 6.45) is 0.903. The fourth-order valence-electron chi connectivity index (χ4n) is 1.03. The van der Waals surface area contributed by atoms with Crippen LogP contribution in [0, 0.1) is 0 Å². The molecule has 0 bridgehead atoms. The van der Waals surface area contributed by atoms with Crippen LogP contribution in [0.4, 0.5) is 0 Å². The maximum absolute atomic E-state index is 10.5. The molecule has 0 radical (unpaired) electrons. The molecule has 0 saturated heterocycles. The number of hydrogen-bond donors (Lipinski definition) is 1. The quantitative estimate of drug-likeness (QED) is 0.790. The summed E-state index contributed by atoms with van der Waals surface area (Å²) in [6.45, 7) is 2.25. The SMILES string of the molecule is CC(=O)NCCc1ccccc1.Cl. The molecule has 0 aliphatic carbocycles. The molecule has 1 rings (SSSR count). The predicted molar refractivity (Wildman–Crippen MR) is 56.1 cm³/mol. The Hall–Kier alpha value is -1.02. The van der Waals surface area contributed by atoms with Gasteiger partial charge in [-0.25, -0.2) is 0 Å². The van der Waals surface area contributed by atoms with Gasteiger partial charge in [0.1, 0.15) is 0 Å². The van der Waals surface area contributed by atoms with Gasteiger partial charge in [-0.05, 0) is 12.0 Å². The Labute approximate surface area is 84.8 Å². The maximum Gasteiger partial charge on any atom is 0.216 e. The summed E-state index contributed by atoms with van der Waals surface area (Å²) >= 11 is 0. The molecule has 0 saturated carbocycles. The zero-order valence-electron chi connectivity index (χ0n) is 7.62. The number of carbonyl (C=O) groups excluding carboxylic acids is 1. The molecule has 1 aromatic carbocycles. The van der Waals surface area contributed by atoms with Crippen molar-refractivity contribution in [1.82, 2.24) is 5.32 Å². The van der Waals surface area contributed by atoms with Crippen LogP contribution in [-0.4, -0.2) is 12.5 Å². The van der Waals surface area contributed by atoms with Gasteiger partial charge in [0, 0.05) is 13.5 Å². The van der Waals surface area contributed by atoms with E-state index in [9.17, 15) is 4.79 Å². The Morgan fingerprint density at radius 2 is 1.92 bits per heavy atom. The summed E-state index contributed by atoms with van der Waals surface area (Å²) in [7, 11) is 0. The largest absolute Gasteiger partial charge is 0.356 e. The van der Waals surface area contributed by atoms with Crippen LogP contribution in [0.1, 0.15) is 12.5 Å². The van der Waals surface area contributed by atoms with Crippen molar-refractivity contribution in [3.63, 3.8) is 0 Å². The van der Waals surface area contributed by atoms with Gasteiger partial charge in [-0.1, -0.05) is 30.3 Å². The summed E-state index contributed by atoms with van der Waals surface area (Å²) in [5, 5.41) is 2.76. The molecule has 0 atom stereocenters. The molecule has 0 spiro atoms. The number of halogens is 1. The van der Waals surface area contributed by atoms with E-state index in [1.54, 1.807) is 0 Å². The van der Waals surface area contributed by atoms with E-state index in [0.29, 0.717) is 0 Å². The second-order valence-corrected chi connectivity index (χ2v) is 2.72. The van der Waals surface area contributed by atoms with Crippen LogP contribution >= 0.6 is 12.4 Å². The third-order valence-electron chi connectivity index (χ3n) is 1.63. The van der Waals surface area contributed by atoms with E-state index in [1.165, 1.54) is 12.5 Å². The van der Waals surface area contributed by atoms with Crippen LogP contribution in [0.2, 0.25) is 0 Å². The summed E-state index contributed by atoms with van der Waals surface area (Å²) in [5.41, 5.74) is 1.26. The average molecular weight is 200 g/mol. The summed E-state index contributed by atoms with van der Waals surface area (Å²) < 4.78 is 0. The van der Waals surface area contributed by atoms with Gasteiger partial charge in [-0.3, -0.25) is 4.79 Å². The van der Waals surface area contributed by atoms with Crippen LogP contribution < -0.4 is 5.32 Å². The van der Waals surface area contributed by atoms with Crippen molar-refractivity contribution in [1.29, 1.82) is 0 Å². The highest BCUT2D eigenvalue weighted by Gasteiger charge is 1.92. The Balaban J connectivity index is 0.00000144. The van der Waals surface area contributed by atoms with Crippen molar-refractivity contribution in [3.05, 3.63) is 35.9 Å². The smallest absolute Gasteiger partial charge is 0.216 e. The zero-order valence-corrected chi connectivity index (χ0v) is 8.43. The van der Waals surface area contributed by atoms with E-state index in [1.807, 2.05) is 18.2 Å². The molecule has 1 aromatic rings. The molecule has 72 valence electrons. The molecule has 0 aliphatic heterocycles. The highest BCUT2D eigenvalue weighted by atomic mass is 35.5. The molecule has 13 heavy (non-hydrogen) atoms. The fourth-order valence-corrected chi connectivity index (χ4v) is 1.03. The fraction of sp³-hybridized carbons (Fsp3) is 0.300. The second-order valence-electron chi connectivity index (χ2n) is 2.72. The number of carbonyl (C=O) groups is 1. The molecule has 3 heteroatoms. The first-order chi connectivity index (χ1) is 5.79. The molecule has 0 unspecified atom stereocenters. The van der Waals surface area contributed by atoms with Crippen LogP contribution in [0.3, 0.4) is 0 Å². The van der Waals surface area contributed by atoms with Crippen LogP contribution in [0.5, 0.6) is 0 Å². The van der Waals surface area contributed by atoms with Crippen LogP contribution in [0.25, 0.3) is 0 Å². The third kappa shape index (κ3) is 5.26. The summed E-state index contributed by atoms with van der Waals surface area (Å²) in [6, 6.07) is 10.1. The van der Waals surface area contributed by atoms with E-state index in [4.69, 9.17) is 0 Å². The average Bonchev–Trinajstić information content (AvgIpc) is 2.05. The minimum Gasteiger partial charge on any atom is -0.356 e. The van der Waals surface area contributed by atoms with Crippen molar-refractivity contribution in [2.75, 3.05) is 6.54 Å². The second kappa shape index (κ2) is 6.49. The Morgan fingerprint density at radius 3 is 2.46 bits per heavy atom. The minimum absolute atomic E-state index is 0. The molecular formula is C10H14ClNO. The first-order valence-corrected chi connectivity index (χ1v) is 4.07. The molecule has 1 N–H and O–H groups in total. The van der Waals surface area contributed by atoms with Crippen LogP contribution in [0.15, 0.2) is 30.3 Å². The first kappa shape index (κ1) is 12.0. The first-order valence-electron chi connectivity index (χ1n) is 4.07. The lowest BCUT2D eigenvalue weighted by atomic mass is 10.1. The minimum atomic E-state index is 0. The molecule has 0 aromatic heterocycles. The molecule has 0 heterocycles. The Bertz CT molecular complexity index is 248. The topological polar surface area (TPSA) is 29.1 Å². The van der Waals surface area contributed by atoms with Crippen molar-refractivity contribution in [2.24, 2.45) is 0 Å². The maximum atomic E-state index is 10.5. The van der Waals surface area contributed by atoms with E-state index < -0.39 is 0 Å². The lowest BCUT2D eigenvalue weighted by molar-refractivity contribution is -0.118. The van der Waals surface area contributed by atoms with Crippen molar-refractivity contribution >= 4 is 18.3 Å². The molecular weight excluding hydrogens is 186 g/mol. The number of amides is 1. The number of benzene rings is 1. The van der Waals surface area contributed by atoms with E-state index in [0.717, 1.165) is 13.0 Å². The number of hydrogen-bond acceptors (Lipinski definition) is 1. The molecule has 0 aliphatic rings. The lowest BCUT2D eigenvalue weighted by Gasteiger charge is -2.01. The van der Waals surface area contributed by atoms with Gasteiger partial charge in [0.05, 0.1) is 0 Å². The number of rotatable bonds is 3. The molecule has 0 fully saturated rings. The molecule has 2 nitrogen and oxygen atoms in total. The van der Waals surface area contributed by atoms with Crippen molar-refractivity contribution < 1.29 is 4.79 Å². The summed E-state index contributed by atoms with van der Waals surface area (Å²) in [4.78, 5) is 10.5. The highest BCUT2D eigenvalue weighted by molar-refractivity contribution is 5.85. The van der Waals surface area contributed by atoms with Crippen molar-refractivity contribution in [2.45, 2.75) is 13.3 Å². The molecule has 1 amide bonds. The number of nitrogens with one attached hydrogen (secondary N) is 1.